The van der Waals surface area contributed by atoms with Crippen LogP contribution in [0.15, 0.2) is 48.5 Å². The Morgan fingerprint density at radius 2 is 1.73 bits per heavy atom. The van der Waals surface area contributed by atoms with Crippen molar-refractivity contribution < 1.29 is 36.4 Å². The summed E-state index contributed by atoms with van der Waals surface area (Å²) in [7, 11) is -9.82. The zero-order valence-electron chi connectivity index (χ0n) is 13.5. The number of halogens is 1. The SMILES string of the molecule is O=P(O)(O)C(CCCc1cccc(Oc2ccc(F)cc2)c1)S(=O)(=O)O. The molecule has 26 heavy (non-hydrogen) atoms. The average Bonchev–Trinajstić information content (AvgIpc) is 2.52. The molecule has 3 N–H and O–H groups in total. The van der Waals surface area contributed by atoms with Gasteiger partial charge in [0.15, 0.2) is 4.99 Å². The second kappa shape index (κ2) is 8.28. The van der Waals surface area contributed by atoms with E-state index >= 15 is 0 Å². The van der Waals surface area contributed by atoms with Crippen LogP contribution in [0.5, 0.6) is 11.5 Å². The van der Waals surface area contributed by atoms with Gasteiger partial charge in [-0.2, -0.15) is 8.42 Å². The molecule has 2 aromatic rings. The summed E-state index contributed by atoms with van der Waals surface area (Å²) in [6.07, 6.45) is 0.0777. The van der Waals surface area contributed by atoms with Gasteiger partial charge in [-0.05, 0) is 61.2 Å². The van der Waals surface area contributed by atoms with Gasteiger partial charge in [-0.15, -0.1) is 0 Å². The maximum Gasteiger partial charge on any atom is 0.346 e. The Hall–Kier alpha value is -1.77. The van der Waals surface area contributed by atoms with E-state index in [2.05, 4.69) is 0 Å². The lowest BCUT2D eigenvalue weighted by Crippen LogP contribution is -2.20. The van der Waals surface area contributed by atoms with Crippen LogP contribution in [0.1, 0.15) is 18.4 Å². The molecular weight excluding hydrogens is 386 g/mol. The molecule has 0 aromatic heterocycles. The van der Waals surface area contributed by atoms with Crippen LogP contribution in [0.3, 0.4) is 0 Å². The van der Waals surface area contributed by atoms with Gasteiger partial charge in [0.2, 0.25) is 0 Å². The molecular formula is C16H18FO7PS. The second-order valence-electron chi connectivity index (χ2n) is 5.65. The van der Waals surface area contributed by atoms with Crippen molar-refractivity contribution in [1.29, 1.82) is 0 Å². The van der Waals surface area contributed by atoms with Gasteiger partial charge in [-0.3, -0.25) is 9.12 Å². The topological polar surface area (TPSA) is 121 Å². The van der Waals surface area contributed by atoms with Crippen LogP contribution in [0.4, 0.5) is 4.39 Å². The summed E-state index contributed by atoms with van der Waals surface area (Å²) in [4.78, 5) is 16.0. The minimum atomic E-state index is -4.97. The van der Waals surface area contributed by atoms with Crippen LogP contribution in [-0.2, 0) is 21.1 Å². The fourth-order valence-electron chi connectivity index (χ4n) is 2.37. The van der Waals surface area contributed by atoms with Crippen molar-refractivity contribution in [3.05, 3.63) is 59.9 Å². The minimum Gasteiger partial charge on any atom is -0.457 e. The van der Waals surface area contributed by atoms with Crippen molar-refractivity contribution in [3.8, 4) is 11.5 Å². The molecule has 0 bridgehead atoms. The summed E-state index contributed by atoms with van der Waals surface area (Å²) >= 11 is 0. The first-order valence-electron chi connectivity index (χ1n) is 7.59. The zero-order valence-corrected chi connectivity index (χ0v) is 15.2. The number of hydrogen-bond donors (Lipinski definition) is 3. The Morgan fingerprint density at radius 1 is 1.08 bits per heavy atom. The van der Waals surface area contributed by atoms with Gasteiger partial charge < -0.3 is 14.5 Å². The van der Waals surface area contributed by atoms with Gasteiger partial charge in [0.05, 0.1) is 0 Å². The molecule has 2 rings (SSSR count). The Labute approximate surface area is 150 Å². The molecule has 2 aromatic carbocycles. The fourth-order valence-corrected chi connectivity index (χ4v) is 4.75. The van der Waals surface area contributed by atoms with E-state index in [1.54, 1.807) is 24.3 Å². The predicted molar refractivity (Wildman–Crippen MR) is 93.2 cm³/mol. The van der Waals surface area contributed by atoms with E-state index in [9.17, 15) is 17.4 Å². The first-order valence-corrected chi connectivity index (χ1v) is 10.8. The second-order valence-corrected chi connectivity index (χ2v) is 9.40. The summed E-state index contributed by atoms with van der Waals surface area (Å²) in [6.45, 7) is 0. The van der Waals surface area contributed by atoms with Crippen molar-refractivity contribution in [2.45, 2.75) is 24.3 Å². The van der Waals surface area contributed by atoms with E-state index in [0.29, 0.717) is 17.9 Å². The van der Waals surface area contributed by atoms with Crippen LogP contribution < -0.4 is 4.74 Å². The highest BCUT2D eigenvalue weighted by Crippen LogP contribution is 2.46. The summed E-state index contributed by atoms with van der Waals surface area (Å²) in [5, 5.41) is 0. The van der Waals surface area contributed by atoms with Gasteiger partial charge in [-0.25, -0.2) is 4.39 Å². The molecule has 142 valence electrons. The molecule has 0 radical (unpaired) electrons. The molecule has 0 saturated heterocycles. The lowest BCUT2D eigenvalue weighted by atomic mass is 10.1. The maximum atomic E-state index is 12.9. The number of benzene rings is 2. The minimum absolute atomic E-state index is 0.134. The van der Waals surface area contributed by atoms with Gasteiger partial charge in [-0.1, -0.05) is 12.1 Å². The van der Waals surface area contributed by atoms with Crippen LogP contribution >= 0.6 is 7.60 Å². The van der Waals surface area contributed by atoms with E-state index in [0.717, 1.165) is 5.56 Å². The molecule has 1 unspecified atom stereocenters. The van der Waals surface area contributed by atoms with Crippen molar-refractivity contribution in [1.82, 2.24) is 0 Å². The van der Waals surface area contributed by atoms with Crippen LogP contribution in [0.2, 0.25) is 0 Å². The summed E-state index contributed by atoms with van der Waals surface area (Å²) in [5.74, 6) is 0.538. The van der Waals surface area contributed by atoms with Crippen LogP contribution in [0, 0.1) is 5.82 Å². The van der Waals surface area contributed by atoms with Gasteiger partial charge in [0.1, 0.15) is 17.3 Å². The van der Waals surface area contributed by atoms with E-state index < -0.39 is 22.7 Å². The Bertz CT molecular complexity index is 893. The molecule has 0 heterocycles. The number of aryl methyl sites for hydroxylation is 1. The van der Waals surface area contributed by atoms with Gasteiger partial charge >= 0.3 is 7.60 Å². The fraction of sp³-hybridized carbons (Fsp3) is 0.250. The largest absolute Gasteiger partial charge is 0.457 e. The van der Waals surface area contributed by atoms with Crippen molar-refractivity contribution in [2.75, 3.05) is 0 Å². The molecule has 0 aliphatic rings. The number of ether oxygens (including phenoxy) is 1. The van der Waals surface area contributed by atoms with E-state index in [-0.39, 0.29) is 18.7 Å². The summed E-state index contributed by atoms with van der Waals surface area (Å²) in [5.41, 5.74) is 0.754. The molecule has 0 amide bonds. The molecule has 0 fully saturated rings. The molecule has 7 nitrogen and oxygen atoms in total. The van der Waals surface area contributed by atoms with Crippen molar-refractivity contribution >= 4 is 17.7 Å². The zero-order chi connectivity index (χ0) is 19.4. The van der Waals surface area contributed by atoms with E-state index in [1.165, 1.54) is 24.3 Å². The lowest BCUT2D eigenvalue weighted by molar-refractivity contribution is 0.360. The maximum absolute atomic E-state index is 12.9. The Morgan fingerprint density at radius 3 is 2.31 bits per heavy atom. The normalized spacial score (nSPS) is 13.4. The quantitative estimate of drug-likeness (QED) is 0.456. The lowest BCUT2D eigenvalue weighted by Gasteiger charge is -2.15. The standard InChI is InChI=1S/C16H18FO7PS/c17-13-7-9-14(10-8-13)24-15-5-1-3-12(11-15)4-2-6-16(25(18,19)20)26(21,22)23/h1,3,5,7-11,16H,2,4,6H2,(H2,18,19,20)(H,21,22,23). The van der Waals surface area contributed by atoms with E-state index in [4.69, 9.17) is 19.1 Å². The summed E-state index contributed by atoms with van der Waals surface area (Å²) < 4.78 is 60.9. The van der Waals surface area contributed by atoms with Crippen molar-refractivity contribution in [2.24, 2.45) is 0 Å². The molecule has 0 aliphatic heterocycles. The third-order valence-corrected chi connectivity index (χ3v) is 7.14. The predicted octanol–water partition coefficient (Wildman–Crippen LogP) is 3.33. The Balaban J connectivity index is 2.00. The van der Waals surface area contributed by atoms with Crippen LogP contribution in [-0.4, -0.2) is 27.7 Å². The average molecular weight is 404 g/mol. The molecule has 0 aliphatic carbocycles. The van der Waals surface area contributed by atoms with Crippen molar-refractivity contribution in [3.63, 3.8) is 0 Å². The molecule has 1 atom stereocenters. The first kappa shape index (κ1) is 20.5. The third-order valence-electron chi connectivity index (χ3n) is 3.58. The monoisotopic (exact) mass is 404 g/mol. The van der Waals surface area contributed by atoms with Crippen LogP contribution in [0.25, 0.3) is 0 Å². The Kier molecular flexibility index (Phi) is 6.54. The third kappa shape index (κ3) is 6.19. The summed E-state index contributed by atoms with van der Waals surface area (Å²) in [6, 6.07) is 12.3. The molecule has 0 saturated carbocycles. The highest BCUT2D eigenvalue weighted by atomic mass is 32.2. The van der Waals surface area contributed by atoms with E-state index in [1.807, 2.05) is 0 Å². The number of rotatable bonds is 8. The van der Waals surface area contributed by atoms with Gasteiger partial charge in [0.25, 0.3) is 10.1 Å². The number of hydrogen-bond acceptors (Lipinski definition) is 4. The highest BCUT2D eigenvalue weighted by molar-refractivity contribution is 7.93. The molecule has 0 spiro atoms. The first-order chi connectivity index (χ1) is 12.1. The van der Waals surface area contributed by atoms with Gasteiger partial charge in [0, 0.05) is 0 Å². The smallest absolute Gasteiger partial charge is 0.346 e. The molecule has 10 heteroatoms. The highest BCUT2D eigenvalue weighted by Gasteiger charge is 2.38.